The van der Waals surface area contributed by atoms with Crippen molar-refractivity contribution in [2.24, 2.45) is 0 Å². The van der Waals surface area contributed by atoms with Crippen LogP contribution in [0.15, 0.2) is 47.1 Å². The summed E-state index contributed by atoms with van der Waals surface area (Å²) in [7, 11) is 0. The van der Waals surface area contributed by atoms with Crippen LogP contribution in [0.3, 0.4) is 0 Å². The predicted molar refractivity (Wildman–Crippen MR) is 89.9 cm³/mol. The molecule has 0 spiro atoms. The van der Waals surface area contributed by atoms with Crippen molar-refractivity contribution >= 4 is 11.7 Å². The zero-order chi connectivity index (χ0) is 16.8. The number of ether oxygens (including phenoxy) is 1. The van der Waals surface area contributed by atoms with Crippen molar-refractivity contribution < 1.29 is 19.1 Å². The van der Waals surface area contributed by atoms with E-state index in [9.17, 15) is 9.90 Å². The molecule has 1 atom stereocenters. The number of hydrogen-bond donors (Lipinski definition) is 2. The number of urea groups is 1. The highest BCUT2D eigenvalue weighted by molar-refractivity contribution is 5.89. The molecular formula is C18H22N2O4. The molecule has 6 heteroatoms. The number of anilines is 1. The average Bonchev–Trinajstić information content (AvgIpc) is 3.14. The fraction of sp³-hybridized carbons (Fsp3) is 0.389. The molecule has 2 heterocycles. The van der Waals surface area contributed by atoms with Gasteiger partial charge in [0.05, 0.1) is 18.9 Å². The van der Waals surface area contributed by atoms with Crippen LogP contribution in [0.25, 0.3) is 0 Å². The van der Waals surface area contributed by atoms with Gasteiger partial charge in [-0.2, -0.15) is 0 Å². The molecule has 3 rings (SSSR count). The predicted octanol–water partition coefficient (Wildman–Crippen LogP) is 3.24. The van der Waals surface area contributed by atoms with Crippen LogP contribution in [0, 0.1) is 0 Å². The Bertz CT molecular complexity index is 640. The van der Waals surface area contributed by atoms with Gasteiger partial charge in [0.1, 0.15) is 18.1 Å². The lowest BCUT2D eigenvalue weighted by Crippen LogP contribution is -2.47. The molecule has 2 amide bonds. The number of amides is 2. The van der Waals surface area contributed by atoms with Gasteiger partial charge in [0.2, 0.25) is 0 Å². The molecule has 2 aromatic rings. The number of hydrogen-bond acceptors (Lipinski definition) is 4. The highest BCUT2D eigenvalue weighted by atomic mass is 16.5. The van der Waals surface area contributed by atoms with Crippen molar-refractivity contribution in [3.05, 3.63) is 48.4 Å². The second-order valence-corrected chi connectivity index (χ2v) is 5.85. The minimum atomic E-state index is -0.169. The topological polar surface area (TPSA) is 74.9 Å². The van der Waals surface area contributed by atoms with Gasteiger partial charge in [-0.1, -0.05) is 0 Å². The van der Waals surface area contributed by atoms with E-state index in [1.807, 2.05) is 12.1 Å². The van der Waals surface area contributed by atoms with Gasteiger partial charge in [0.15, 0.2) is 0 Å². The van der Waals surface area contributed by atoms with Crippen molar-refractivity contribution in [1.29, 1.82) is 0 Å². The fourth-order valence-electron chi connectivity index (χ4n) is 2.84. The molecule has 0 bridgehead atoms. The maximum Gasteiger partial charge on any atom is 0.322 e. The Labute approximate surface area is 141 Å². The van der Waals surface area contributed by atoms with E-state index in [0.29, 0.717) is 24.6 Å². The van der Waals surface area contributed by atoms with Crippen LogP contribution >= 0.6 is 0 Å². The number of aliphatic hydroxyl groups excluding tert-OH is 1. The first kappa shape index (κ1) is 16.4. The Hall–Kier alpha value is -2.47. The van der Waals surface area contributed by atoms with Gasteiger partial charge in [-0.05, 0) is 55.7 Å². The Kier molecular flexibility index (Phi) is 5.38. The second-order valence-electron chi connectivity index (χ2n) is 5.85. The number of nitrogens with zero attached hydrogens (tertiary/aromatic N) is 1. The lowest BCUT2D eigenvalue weighted by molar-refractivity contribution is 0.115. The minimum absolute atomic E-state index is 0.00692. The average molecular weight is 330 g/mol. The van der Waals surface area contributed by atoms with E-state index < -0.39 is 0 Å². The zero-order valence-electron chi connectivity index (χ0n) is 13.5. The zero-order valence-corrected chi connectivity index (χ0v) is 13.5. The number of furan rings is 1. The van der Waals surface area contributed by atoms with E-state index in [1.54, 1.807) is 35.4 Å². The Morgan fingerprint density at radius 3 is 2.83 bits per heavy atom. The van der Waals surface area contributed by atoms with E-state index in [-0.39, 0.29) is 18.7 Å². The number of benzene rings is 1. The molecule has 0 aliphatic carbocycles. The van der Waals surface area contributed by atoms with Crippen molar-refractivity contribution in [3.8, 4) is 5.75 Å². The Balaban J connectivity index is 1.54. The molecule has 2 N–H and O–H groups in total. The standard InChI is InChI=1S/C18H22N2O4/c21-12-15-4-1-2-10-20(15)18(22)19-14-6-8-16(9-7-14)24-13-17-5-3-11-23-17/h3,5-9,11,15,21H,1-2,4,10,12-13H2,(H,19,22)/t15-/m0/s1. The van der Waals surface area contributed by atoms with Crippen LogP contribution in [0.2, 0.25) is 0 Å². The van der Waals surface area contributed by atoms with E-state index in [4.69, 9.17) is 9.15 Å². The minimum Gasteiger partial charge on any atom is -0.486 e. The van der Waals surface area contributed by atoms with E-state index in [0.717, 1.165) is 25.0 Å². The number of carbonyl (C=O) groups is 1. The van der Waals surface area contributed by atoms with Gasteiger partial charge in [0.25, 0.3) is 0 Å². The molecule has 128 valence electrons. The molecular weight excluding hydrogens is 308 g/mol. The number of piperidine rings is 1. The molecule has 0 unspecified atom stereocenters. The summed E-state index contributed by atoms with van der Waals surface area (Å²) in [5.74, 6) is 1.46. The van der Waals surface area contributed by atoms with Crippen molar-refractivity contribution in [1.82, 2.24) is 4.90 Å². The molecule has 1 fully saturated rings. The van der Waals surface area contributed by atoms with Gasteiger partial charge >= 0.3 is 6.03 Å². The Morgan fingerprint density at radius 1 is 1.29 bits per heavy atom. The first-order valence-electron chi connectivity index (χ1n) is 8.20. The van der Waals surface area contributed by atoms with Crippen molar-refractivity contribution in [3.63, 3.8) is 0 Å². The SMILES string of the molecule is O=C(Nc1ccc(OCc2ccco2)cc1)N1CCCC[C@H]1CO. The van der Waals surface area contributed by atoms with E-state index in [2.05, 4.69) is 5.32 Å². The first-order valence-corrected chi connectivity index (χ1v) is 8.20. The lowest BCUT2D eigenvalue weighted by atomic mass is 10.0. The van der Waals surface area contributed by atoms with Gasteiger partial charge in [0, 0.05) is 12.2 Å². The number of nitrogens with one attached hydrogen (secondary N) is 1. The van der Waals surface area contributed by atoms with Crippen LogP contribution < -0.4 is 10.1 Å². The lowest BCUT2D eigenvalue weighted by Gasteiger charge is -2.34. The molecule has 1 aromatic heterocycles. The van der Waals surface area contributed by atoms with Gasteiger partial charge in [-0.25, -0.2) is 4.79 Å². The number of aliphatic hydroxyl groups is 1. The molecule has 24 heavy (non-hydrogen) atoms. The third-order valence-corrected chi connectivity index (χ3v) is 4.17. The van der Waals surface area contributed by atoms with Gasteiger partial charge in [-0.3, -0.25) is 0 Å². The van der Waals surface area contributed by atoms with Crippen LogP contribution in [-0.2, 0) is 6.61 Å². The van der Waals surface area contributed by atoms with Crippen LogP contribution in [0.1, 0.15) is 25.0 Å². The fourth-order valence-corrected chi connectivity index (χ4v) is 2.84. The van der Waals surface area contributed by atoms with Crippen LogP contribution in [0.5, 0.6) is 5.75 Å². The number of rotatable bonds is 5. The normalized spacial score (nSPS) is 17.5. The molecule has 1 aromatic carbocycles. The van der Waals surface area contributed by atoms with E-state index in [1.165, 1.54) is 0 Å². The summed E-state index contributed by atoms with van der Waals surface area (Å²) in [5.41, 5.74) is 0.701. The quantitative estimate of drug-likeness (QED) is 0.882. The highest BCUT2D eigenvalue weighted by Gasteiger charge is 2.25. The van der Waals surface area contributed by atoms with Crippen LogP contribution in [-0.4, -0.2) is 35.2 Å². The molecule has 0 saturated carbocycles. The third-order valence-electron chi connectivity index (χ3n) is 4.17. The molecule has 1 aliphatic heterocycles. The second kappa shape index (κ2) is 7.88. The van der Waals surface area contributed by atoms with Gasteiger partial charge in [-0.15, -0.1) is 0 Å². The third kappa shape index (κ3) is 4.08. The maximum atomic E-state index is 12.4. The first-order chi connectivity index (χ1) is 11.8. The van der Waals surface area contributed by atoms with Crippen molar-refractivity contribution in [2.75, 3.05) is 18.5 Å². The largest absolute Gasteiger partial charge is 0.486 e. The number of likely N-dealkylation sites (tertiary alicyclic amines) is 1. The summed E-state index contributed by atoms with van der Waals surface area (Å²) in [6.45, 7) is 1.05. The monoisotopic (exact) mass is 330 g/mol. The highest BCUT2D eigenvalue weighted by Crippen LogP contribution is 2.20. The summed E-state index contributed by atoms with van der Waals surface area (Å²) < 4.78 is 10.8. The van der Waals surface area contributed by atoms with Gasteiger partial charge < -0.3 is 24.5 Å². The smallest absolute Gasteiger partial charge is 0.322 e. The summed E-state index contributed by atoms with van der Waals surface area (Å²) in [5, 5.41) is 12.3. The molecule has 1 aliphatic rings. The van der Waals surface area contributed by atoms with Crippen LogP contribution in [0.4, 0.5) is 10.5 Å². The Morgan fingerprint density at radius 2 is 2.12 bits per heavy atom. The molecule has 6 nitrogen and oxygen atoms in total. The summed E-state index contributed by atoms with van der Waals surface area (Å²) in [6.07, 6.45) is 4.49. The summed E-state index contributed by atoms with van der Waals surface area (Å²) in [6, 6.07) is 10.6. The maximum absolute atomic E-state index is 12.4. The van der Waals surface area contributed by atoms with Crippen molar-refractivity contribution in [2.45, 2.75) is 31.9 Å². The molecule has 1 saturated heterocycles. The molecule has 0 radical (unpaired) electrons. The number of carbonyl (C=O) groups excluding carboxylic acids is 1. The van der Waals surface area contributed by atoms with E-state index >= 15 is 0 Å². The summed E-state index contributed by atoms with van der Waals surface area (Å²) in [4.78, 5) is 14.1. The summed E-state index contributed by atoms with van der Waals surface area (Å²) >= 11 is 0.